The normalized spacial score (nSPS) is 12.8. The number of non-ortho nitro benzene ring substituents is 1. The Morgan fingerprint density at radius 1 is 1.45 bits per heavy atom. The maximum absolute atomic E-state index is 12.0. The van der Waals surface area contributed by atoms with Crippen LogP contribution in [0.15, 0.2) is 29.2 Å². The van der Waals surface area contributed by atoms with E-state index in [9.17, 15) is 14.9 Å². The predicted octanol–water partition coefficient (Wildman–Crippen LogP) is 1.93. The largest absolute Gasteiger partial charge is 0.349 e. The molecule has 1 unspecified atom stereocenters. The summed E-state index contributed by atoms with van der Waals surface area (Å²) in [5, 5.41) is 13.1. The topological polar surface area (TPSA) is 98.3 Å². The molecule has 0 aliphatic heterocycles. The lowest BCUT2D eigenvalue weighted by molar-refractivity contribution is -0.384. The van der Waals surface area contributed by atoms with Gasteiger partial charge in [-0.2, -0.15) is 0 Å². The van der Waals surface area contributed by atoms with Gasteiger partial charge in [-0.05, 0) is 32.9 Å². The molecule has 1 aromatic rings. The van der Waals surface area contributed by atoms with Gasteiger partial charge in [0.25, 0.3) is 5.69 Å². The molecule has 1 amide bonds. The number of thioether (sulfide) groups is 1. The number of carbonyl (C=O) groups is 1. The molecule has 3 N–H and O–H groups in total. The number of rotatable bonds is 6. The molecule has 1 atom stereocenters. The van der Waals surface area contributed by atoms with Crippen molar-refractivity contribution in [2.45, 2.75) is 36.5 Å². The average Bonchev–Trinajstić information content (AvgIpc) is 2.38. The van der Waals surface area contributed by atoms with Gasteiger partial charge in [0, 0.05) is 29.1 Å². The van der Waals surface area contributed by atoms with Crippen LogP contribution in [0.5, 0.6) is 0 Å². The fourth-order valence-corrected chi connectivity index (χ4v) is 2.26. The molecule has 0 fully saturated rings. The van der Waals surface area contributed by atoms with Crippen LogP contribution in [0.2, 0.25) is 0 Å². The third-order valence-corrected chi connectivity index (χ3v) is 3.81. The summed E-state index contributed by atoms with van der Waals surface area (Å²) >= 11 is 1.35. The van der Waals surface area contributed by atoms with E-state index in [1.807, 2.05) is 13.8 Å². The molecule has 0 aromatic heterocycles. The molecule has 0 spiro atoms. The maximum atomic E-state index is 12.0. The molecule has 6 nitrogen and oxygen atoms in total. The van der Waals surface area contributed by atoms with E-state index in [0.717, 1.165) is 4.90 Å². The molecule has 110 valence electrons. The molecule has 0 saturated heterocycles. The maximum Gasteiger partial charge on any atom is 0.269 e. The first kappa shape index (κ1) is 16.5. The average molecular weight is 297 g/mol. The fourth-order valence-electron chi connectivity index (χ4n) is 1.39. The van der Waals surface area contributed by atoms with E-state index in [2.05, 4.69) is 5.32 Å². The van der Waals surface area contributed by atoms with E-state index in [1.54, 1.807) is 19.1 Å². The van der Waals surface area contributed by atoms with Gasteiger partial charge in [-0.3, -0.25) is 14.9 Å². The van der Waals surface area contributed by atoms with E-state index in [1.165, 1.54) is 23.9 Å². The van der Waals surface area contributed by atoms with Crippen LogP contribution in [0.4, 0.5) is 5.69 Å². The van der Waals surface area contributed by atoms with Crippen molar-refractivity contribution < 1.29 is 9.72 Å². The van der Waals surface area contributed by atoms with Crippen molar-refractivity contribution in [3.05, 3.63) is 34.4 Å². The van der Waals surface area contributed by atoms with Crippen LogP contribution >= 0.6 is 11.8 Å². The summed E-state index contributed by atoms with van der Waals surface area (Å²) in [4.78, 5) is 22.9. The molecule has 1 aromatic carbocycles. The highest BCUT2D eigenvalue weighted by Crippen LogP contribution is 2.25. The Morgan fingerprint density at radius 3 is 2.45 bits per heavy atom. The van der Waals surface area contributed by atoms with Gasteiger partial charge >= 0.3 is 0 Å². The second kappa shape index (κ2) is 6.71. The van der Waals surface area contributed by atoms with Gasteiger partial charge in [-0.1, -0.05) is 0 Å². The van der Waals surface area contributed by atoms with Crippen LogP contribution in [0, 0.1) is 10.1 Å². The van der Waals surface area contributed by atoms with Crippen molar-refractivity contribution in [1.29, 1.82) is 0 Å². The minimum Gasteiger partial charge on any atom is -0.349 e. The Kier molecular flexibility index (Phi) is 5.52. The van der Waals surface area contributed by atoms with Crippen molar-refractivity contribution in [2.24, 2.45) is 5.73 Å². The fraction of sp³-hybridized carbons (Fsp3) is 0.462. The summed E-state index contributed by atoms with van der Waals surface area (Å²) in [6.45, 7) is 5.85. The molecule has 0 saturated carbocycles. The van der Waals surface area contributed by atoms with Gasteiger partial charge in [0.2, 0.25) is 5.91 Å². The van der Waals surface area contributed by atoms with Gasteiger partial charge in [0.15, 0.2) is 0 Å². The van der Waals surface area contributed by atoms with Crippen molar-refractivity contribution in [3.63, 3.8) is 0 Å². The van der Waals surface area contributed by atoms with E-state index in [0.29, 0.717) is 6.54 Å². The number of nitrogens with zero attached hydrogens (tertiary/aromatic N) is 1. The standard InChI is InChI=1S/C13H19N3O3S/c1-9(12(17)15-13(2,3)8-14)20-11-6-4-10(5-7-11)16(18)19/h4-7,9H,8,14H2,1-3H3,(H,15,17). The molecule has 1 rings (SSSR count). The number of carbonyl (C=O) groups excluding carboxylic acids is 1. The van der Waals surface area contributed by atoms with Crippen LogP contribution < -0.4 is 11.1 Å². The third-order valence-electron chi connectivity index (χ3n) is 2.70. The molecule has 0 bridgehead atoms. The first-order chi connectivity index (χ1) is 9.25. The van der Waals surface area contributed by atoms with Gasteiger partial charge in [-0.25, -0.2) is 0 Å². The van der Waals surface area contributed by atoms with E-state index >= 15 is 0 Å². The number of benzene rings is 1. The molecule has 20 heavy (non-hydrogen) atoms. The van der Waals surface area contributed by atoms with Gasteiger partial charge in [0.1, 0.15) is 0 Å². The van der Waals surface area contributed by atoms with Gasteiger partial charge in [-0.15, -0.1) is 11.8 Å². The first-order valence-corrected chi connectivity index (χ1v) is 7.06. The lowest BCUT2D eigenvalue weighted by Gasteiger charge is -2.26. The number of amides is 1. The van der Waals surface area contributed by atoms with Crippen molar-refractivity contribution in [3.8, 4) is 0 Å². The van der Waals surface area contributed by atoms with Crippen LogP contribution in [0.25, 0.3) is 0 Å². The summed E-state index contributed by atoms with van der Waals surface area (Å²) < 4.78 is 0. The van der Waals surface area contributed by atoms with Gasteiger partial charge < -0.3 is 11.1 Å². The third kappa shape index (κ3) is 4.82. The first-order valence-electron chi connectivity index (χ1n) is 6.18. The SMILES string of the molecule is CC(Sc1ccc([N+](=O)[O-])cc1)C(=O)NC(C)(C)CN. The monoisotopic (exact) mass is 297 g/mol. The number of hydrogen-bond acceptors (Lipinski definition) is 5. The minimum absolute atomic E-state index is 0.0377. The summed E-state index contributed by atoms with van der Waals surface area (Å²) in [5.41, 5.74) is 5.16. The van der Waals surface area contributed by atoms with Crippen LogP contribution in [0.1, 0.15) is 20.8 Å². The zero-order valence-corrected chi connectivity index (χ0v) is 12.6. The summed E-state index contributed by atoms with van der Waals surface area (Å²) in [6, 6.07) is 6.13. The Hall–Kier alpha value is -1.60. The van der Waals surface area contributed by atoms with Crippen molar-refractivity contribution >= 4 is 23.4 Å². The highest BCUT2D eigenvalue weighted by molar-refractivity contribution is 8.00. The second-order valence-electron chi connectivity index (χ2n) is 5.09. The molecule has 0 heterocycles. The van der Waals surface area contributed by atoms with E-state index < -0.39 is 10.5 Å². The molecule has 0 radical (unpaired) electrons. The number of nitro benzene ring substituents is 1. The molecule has 7 heteroatoms. The lowest BCUT2D eigenvalue weighted by atomic mass is 10.1. The van der Waals surface area contributed by atoms with E-state index in [4.69, 9.17) is 5.73 Å². The summed E-state index contributed by atoms with van der Waals surface area (Å²) in [6.07, 6.45) is 0. The van der Waals surface area contributed by atoms with Gasteiger partial charge in [0.05, 0.1) is 10.2 Å². The number of nitro groups is 1. The minimum atomic E-state index is -0.450. The van der Waals surface area contributed by atoms with Crippen molar-refractivity contribution in [2.75, 3.05) is 6.54 Å². The van der Waals surface area contributed by atoms with Crippen molar-refractivity contribution in [1.82, 2.24) is 5.32 Å². The molecular formula is C13H19N3O3S. The Labute approximate surface area is 122 Å². The zero-order valence-electron chi connectivity index (χ0n) is 11.8. The molecular weight excluding hydrogens is 278 g/mol. The van der Waals surface area contributed by atoms with Crippen LogP contribution in [-0.4, -0.2) is 28.2 Å². The summed E-state index contributed by atoms with van der Waals surface area (Å²) in [5.74, 6) is -0.108. The zero-order chi connectivity index (χ0) is 15.3. The molecule has 0 aliphatic rings. The highest BCUT2D eigenvalue weighted by Gasteiger charge is 2.22. The number of hydrogen-bond donors (Lipinski definition) is 2. The number of nitrogens with two attached hydrogens (primary N) is 1. The Balaban J connectivity index is 2.63. The quantitative estimate of drug-likeness (QED) is 0.475. The molecule has 0 aliphatic carbocycles. The Bertz CT molecular complexity index is 488. The lowest BCUT2D eigenvalue weighted by Crippen LogP contribution is -2.51. The smallest absolute Gasteiger partial charge is 0.269 e. The summed E-state index contributed by atoms with van der Waals surface area (Å²) in [7, 11) is 0. The second-order valence-corrected chi connectivity index (χ2v) is 6.50. The van der Waals surface area contributed by atoms with Crippen LogP contribution in [-0.2, 0) is 4.79 Å². The highest BCUT2D eigenvalue weighted by atomic mass is 32.2. The number of nitrogens with one attached hydrogen (secondary N) is 1. The van der Waals surface area contributed by atoms with E-state index in [-0.39, 0.29) is 16.8 Å². The predicted molar refractivity (Wildman–Crippen MR) is 79.7 cm³/mol. The van der Waals surface area contributed by atoms with Crippen LogP contribution in [0.3, 0.4) is 0 Å². The Morgan fingerprint density at radius 2 is 2.00 bits per heavy atom.